The molecule has 0 fully saturated rings. The predicted molar refractivity (Wildman–Crippen MR) is 121 cm³/mol. The van der Waals surface area contributed by atoms with Gasteiger partial charge in [-0.15, -0.1) is 11.3 Å². The van der Waals surface area contributed by atoms with E-state index in [0.29, 0.717) is 22.1 Å². The number of anilines is 1. The van der Waals surface area contributed by atoms with Crippen molar-refractivity contribution in [2.75, 3.05) is 5.73 Å². The lowest BCUT2D eigenvalue weighted by atomic mass is 10.2. The summed E-state index contributed by atoms with van der Waals surface area (Å²) in [5, 5.41) is 3.43. The lowest BCUT2D eigenvalue weighted by molar-refractivity contribution is -0.0278. The molecule has 4 heterocycles. The van der Waals surface area contributed by atoms with Crippen LogP contribution in [0.1, 0.15) is 16.7 Å². The molecule has 1 atom stereocenters. The van der Waals surface area contributed by atoms with Gasteiger partial charge in [0.05, 0.1) is 0 Å². The van der Waals surface area contributed by atoms with E-state index in [1.807, 2.05) is 28.8 Å². The van der Waals surface area contributed by atoms with Gasteiger partial charge in [0, 0.05) is 21.5 Å². The molecule has 2 N–H and O–H groups in total. The maximum Gasteiger partial charge on any atom is 0.268 e. The first kappa shape index (κ1) is 19.4. The third kappa shape index (κ3) is 3.78. The fourth-order valence-corrected chi connectivity index (χ4v) is 5.12. The lowest BCUT2D eigenvalue weighted by Gasteiger charge is -2.13. The molecule has 3 aromatic heterocycles. The molecule has 10 heteroatoms. The van der Waals surface area contributed by atoms with Gasteiger partial charge in [0.2, 0.25) is 5.09 Å². The zero-order valence-corrected chi connectivity index (χ0v) is 18.8. The van der Waals surface area contributed by atoms with Gasteiger partial charge in [-0.25, -0.2) is 15.0 Å². The smallest absolute Gasteiger partial charge is 0.268 e. The summed E-state index contributed by atoms with van der Waals surface area (Å²) in [4.78, 5) is 14.5. The van der Waals surface area contributed by atoms with Crippen LogP contribution in [0.15, 0.2) is 69.1 Å². The maximum atomic E-state index is 6.04. The van der Waals surface area contributed by atoms with Gasteiger partial charge < -0.3 is 19.8 Å². The molecular formula is C20H16BrN5O2S2. The average molecular weight is 502 g/mol. The summed E-state index contributed by atoms with van der Waals surface area (Å²) in [6.07, 6.45) is 3.45. The zero-order chi connectivity index (χ0) is 20.5. The number of aryl methyl sites for hydroxylation is 2. The second-order valence-electron chi connectivity index (χ2n) is 6.45. The summed E-state index contributed by atoms with van der Waals surface area (Å²) in [5.41, 5.74) is 8.27. The van der Waals surface area contributed by atoms with Crippen LogP contribution >= 0.6 is 39.0 Å². The molecule has 0 amide bonds. The minimum Gasteiger partial charge on any atom is -0.454 e. The van der Waals surface area contributed by atoms with Crippen molar-refractivity contribution in [3.8, 4) is 0 Å². The van der Waals surface area contributed by atoms with E-state index in [2.05, 4.69) is 48.4 Å². The molecule has 0 bridgehead atoms. The predicted octanol–water partition coefficient (Wildman–Crippen LogP) is 5.11. The number of ether oxygens (including phenoxy) is 2. The van der Waals surface area contributed by atoms with Crippen LogP contribution in [-0.4, -0.2) is 19.5 Å². The zero-order valence-electron chi connectivity index (χ0n) is 15.6. The Morgan fingerprint density at radius 2 is 2.10 bits per heavy atom. The van der Waals surface area contributed by atoms with Gasteiger partial charge in [0.1, 0.15) is 12.6 Å². The van der Waals surface area contributed by atoms with E-state index >= 15 is 0 Å². The van der Waals surface area contributed by atoms with Crippen LogP contribution in [0.25, 0.3) is 11.2 Å². The van der Waals surface area contributed by atoms with Crippen LogP contribution in [0.5, 0.6) is 0 Å². The first-order chi connectivity index (χ1) is 14.7. The standard InChI is InChI=1S/C20H16BrN5O2S2/c21-14-6-2-1-5-13(14)19-27-10-15(28-19)30-20-25-16-17(22)23-11-24-18(16)26(20)8-7-12-4-3-9-29-12/h1-6,9-11,19H,7-8H2,(H2,22,23,24). The summed E-state index contributed by atoms with van der Waals surface area (Å²) in [6.45, 7) is 0.720. The molecule has 5 rings (SSSR count). The normalized spacial score (nSPS) is 15.8. The fraction of sp³-hybridized carbons (Fsp3) is 0.150. The third-order valence-electron chi connectivity index (χ3n) is 4.55. The number of nitrogens with two attached hydrogens (primary N) is 1. The van der Waals surface area contributed by atoms with Crippen LogP contribution < -0.4 is 5.73 Å². The SMILES string of the molecule is Nc1ncnc2c1nc(SC1=COC(c3ccccc3Br)O1)n2CCc1cccs1. The van der Waals surface area contributed by atoms with Crippen molar-refractivity contribution in [2.24, 2.45) is 0 Å². The van der Waals surface area contributed by atoms with Gasteiger partial charge in [0.15, 0.2) is 22.1 Å². The van der Waals surface area contributed by atoms with E-state index in [1.54, 1.807) is 17.6 Å². The Morgan fingerprint density at radius 3 is 2.93 bits per heavy atom. The summed E-state index contributed by atoms with van der Waals surface area (Å²) >= 11 is 6.66. The number of imidazole rings is 1. The summed E-state index contributed by atoms with van der Waals surface area (Å²) in [6, 6.07) is 12.0. The third-order valence-corrected chi connectivity index (χ3v) is 7.10. The number of nitrogen functional groups attached to an aromatic ring is 1. The van der Waals surface area contributed by atoms with E-state index in [4.69, 9.17) is 15.2 Å². The minimum atomic E-state index is -0.503. The van der Waals surface area contributed by atoms with Crippen LogP contribution in [0.3, 0.4) is 0 Å². The highest BCUT2D eigenvalue weighted by Crippen LogP contribution is 2.40. The first-order valence-electron chi connectivity index (χ1n) is 9.12. The van der Waals surface area contributed by atoms with Crippen LogP contribution in [0.2, 0.25) is 0 Å². The van der Waals surface area contributed by atoms with Crippen molar-refractivity contribution in [2.45, 2.75) is 24.4 Å². The topological polar surface area (TPSA) is 88.1 Å². The average Bonchev–Trinajstić information content (AvgIpc) is 3.48. The van der Waals surface area contributed by atoms with E-state index in [0.717, 1.165) is 28.2 Å². The number of thiophene rings is 1. The van der Waals surface area contributed by atoms with Crippen LogP contribution in [0.4, 0.5) is 5.82 Å². The molecule has 0 spiro atoms. The van der Waals surface area contributed by atoms with Crippen molar-refractivity contribution < 1.29 is 9.47 Å². The van der Waals surface area contributed by atoms with Gasteiger partial charge >= 0.3 is 0 Å². The van der Waals surface area contributed by atoms with Crippen molar-refractivity contribution in [3.05, 3.63) is 74.4 Å². The Bertz CT molecular complexity index is 1230. The highest BCUT2D eigenvalue weighted by Gasteiger charge is 2.26. The van der Waals surface area contributed by atoms with E-state index in [-0.39, 0.29) is 0 Å². The molecule has 0 saturated heterocycles. The fourth-order valence-electron chi connectivity index (χ4n) is 3.11. The molecule has 30 heavy (non-hydrogen) atoms. The van der Waals surface area contributed by atoms with Crippen LogP contribution in [-0.2, 0) is 22.4 Å². The van der Waals surface area contributed by atoms with E-state index in [9.17, 15) is 0 Å². The molecule has 7 nitrogen and oxygen atoms in total. The van der Waals surface area contributed by atoms with Gasteiger partial charge in [-0.05, 0) is 35.7 Å². The molecular weight excluding hydrogens is 486 g/mol. The number of hydrogen-bond donors (Lipinski definition) is 1. The van der Waals surface area contributed by atoms with Gasteiger partial charge in [-0.1, -0.05) is 40.2 Å². The summed E-state index contributed by atoms with van der Waals surface area (Å²) < 4.78 is 14.7. The molecule has 1 unspecified atom stereocenters. The highest BCUT2D eigenvalue weighted by molar-refractivity contribution is 9.10. The molecule has 1 aliphatic heterocycles. The van der Waals surface area contributed by atoms with Gasteiger partial charge in [0.25, 0.3) is 6.29 Å². The first-order valence-corrected chi connectivity index (χ1v) is 11.6. The number of aromatic nitrogens is 4. The van der Waals surface area contributed by atoms with E-state index < -0.39 is 6.29 Å². The Hall–Kier alpha value is -2.56. The molecule has 0 radical (unpaired) electrons. The number of rotatable bonds is 6. The number of thioether (sulfide) groups is 1. The number of benzene rings is 1. The molecule has 4 aromatic rings. The quantitative estimate of drug-likeness (QED) is 0.392. The molecule has 1 aromatic carbocycles. The number of fused-ring (bicyclic) bond motifs is 1. The van der Waals surface area contributed by atoms with Crippen LogP contribution in [0, 0.1) is 0 Å². The molecule has 1 aliphatic rings. The van der Waals surface area contributed by atoms with Crippen molar-refractivity contribution in [3.63, 3.8) is 0 Å². The monoisotopic (exact) mass is 501 g/mol. The molecule has 0 aliphatic carbocycles. The lowest BCUT2D eigenvalue weighted by Crippen LogP contribution is -2.04. The number of nitrogens with zero attached hydrogens (tertiary/aromatic N) is 4. The minimum absolute atomic E-state index is 0.361. The largest absolute Gasteiger partial charge is 0.454 e. The molecule has 152 valence electrons. The van der Waals surface area contributed by atoms with E-state index in [1.165, 1.54) is 23.0 Å². The highest BCUT2D eigenvalue weighted by atomic mass is 79.9. The summed E-state index contributed by atoms with van der Waals surface area (Å²) in [5.74, 6) is 0.361. The maximum absolute atomic E-state index is 6.04. The molecule has 0 saturated carbocycles. The Morgan fingerprint density at radius 1 is 1.20 bits per heavy atom. The van der Waals surface area contributed by atoms with Crippen molar-refractivity contribution in [1.82, 2.24) is 19.5 Å². The Kier molecular flexibility index (Phi) is 5.36. The Balaban J connectivity index is 1.40. The van der Waals surface area contributed by atoms with Gasteiger partial charge in [-0.2, -0.15) is 0 Å². The van der Waals surface area contributed by atoms with Gasteiger partial charge in [-0.3, -0.25) is 0 Å². The van der Waals surface area contributed by atoms with Crippen molar-refractivity contribution in [1.29, 1.82) is 0 Å². The summed E-state index contributed by atoms with van der Waals surface area (Å²) in [7, 11) is 0. The second kappa shape index (κ2) is 8.29. The van der Waals surface area contributed by atoms with Crippen molar-refractivity contribution >= 4 is 56.0 Å². The number of hydrogen-bond acceptors (Lipinski definition) is 8. The Labute approximate surface area is 189 Å². The second-order valence-corrected chi connectivity index (χ2v) is 9.31. The number of halogens is 1.